The Balaban J connectivity index is 2.39. The summed E-state index contributed by atoms with van der Waals surface area (Å²) in [5.74, 6) is 0.216. The van der Waals surface area contributed by atoms with E-state index in [2.05, 4.69) is 9.82 Å². The van der Waals surface area contributed by atoms with Crippen molar-refractivity contribution in [3.63, 3.8) is 0 Å². The molecule has 0 fully saturated rings. The summed E-state index contributed by atoms with van der Waals surface area (Å²) in [4.78, 5) is -0.958. The van der Waals surface area contributed by atoms with Crippen LogP contribution in [0.15, 0.2) is 33.9 Å². The molecule has 7 nitrogen and oxygen atoms in total. The number of nitrogens with zero attached hydrogens (tertiary/aromatic N) is 2. The largest absolute Gasteiger partial charge is 0.468 e. The van der Waals surface area contributed by atoms with E-state index >= 15 is 0 Å². The van der Waals surface area contributed by atoms with Gasteiger partial charge < -0.3 is 9.15 Å². The Morgan fingerprint density at radius 1 is 1.48 bits per heavy atom. The summed E-state index contributed by atoms with van der Waals surface area (Å²) in [6, 6.07) is 2.04. The van der Waals surface area contributed by atoms with Gasteiger partial charge in [-0.15, -0.1) is 0 Å². The molecule has 128 valence electrons. The summed E-state index contributed by atoms with van der Waals surface area (Å²) in [7, 11) is -1.96. The van der Waals surface area contributed by atoms with Crippen LogP contribution in [0.2, 0.25) is 0 Å². The molecule has 0 radical (unpaired) electrons. The number of hydrogen-bond acceptors (Lipinski definition) is 5. The quantitative estimate of drug-likeness (QED) is 0.854. The van der Waals surface area contributed by atoms with E-state index < -0.39 is 32.8 Å². The molecular weight excluding hydrogens is 339 g/mol. The lowest BCUT2D eigenvalue weighted by atomic mass is 10.2. The number of furan rings is 1. The fourth-order valence-corrected chi connectivity index (χ4v) is 3.33. The van der Waals surface area contributed by atoms with Crippen LogP contribution in [0.3, 0.4) is 0 Å². The zero-order valence-corrected chi connectivity index (χ0v) is 13.0. The molecule has 0 aromatic carbocycles. The molecule has 2 rings (SSSR count). The van der Waals surface area contributed by atoms with Crippen LogP contribution in [0.1, 0.15) is 17.5 Å². The maximum Gasteiger partial charge on any atom is 0.436 e. The molecule has 0 saturated heterocycles. The van der Waals surface area contributed by atoms with Crippen LogP contribution >= 0.6 is 0 Å². The first-order valence-electron chi connectivity index (χ1n) is 6.30. The van der Waals surface area contributed by atoms with Crippen LogP contribution in [0.5, 0.6) is 0 Å². The van der Waals surface area contributed by atoms with Crippen molar-refractivity contribution in [2.75, 3.05) is 13.7 Å². The van der Waals surface area contributed by atoms with Gasteiger partial charge in [-0.3, -0.25) is 4.68 Å². The Labute approximate surface area is 130 Å². The zero-order chi connectivity index (χ0) is 17.3. The van der Waals surface area contributed by atoms with Gasteiger partial charge in [0, 0.05) is 20.4 Å². The molecule has 0 bridgehead atoms. The summed E-state index contributed by atoms with van der Waals surface area (Å²) < 4.78 is 76.4. The van der Waals surface area contributed by atoms with E-state index in [1.165, 1.54) is 32.6 Å². The van der Waals surface area contributed by atoms with Gasteiger partial charge in [-0.25, -0.2) is 8.42 Å². The van der Waals surface area contributed by atoms with Crippen LogP contribution < -0.4 is 4.72 Å². The van der Waals surface area contributed by atoms with Gasteiger partial charge in [0.1, 0.15) is 16.7 Å². The second-order valence-electron chi connectivity index (χ2n) is 4.66. The SMILES string of the molecule is COCC(NS(=O)(=O)c1cn(C)nc1C(F)(F)F)c1ccco1. The van der Waals surface area contributed by atoms with Gasteiger partial charge in [-0.05, 0) is 12.1 Å². The number of methoxy groups -OCH3 is 1. The van der Waals surface area contributed by atoms with Crippen molar-refractivity contribution in [3.05, 3.63) is 36.0 Å². The molecule has 2 aromatic heterocycles. The van der Waals surface area contributed by atoms with Crippen molar-refractivity contribution in [1.29, 1.82) is 0 Å². The van der Waals surface area contributed by atoms with Crippen LogP contribution in [0, 0.1) is 0 Å². The second-order valence-corrected chi connectivity index (χ2v) is 6.34. The first kappa shape index (κ1) is 17.5. The molecule has 0 aliphatic rings. The maximum absolute atomic E-state index is 12.9. The molecule has 1 atom stereocenters. The summed E-state index contributed by atoms with van der Waals surface area (Å²) in [5, 5.41) is 3.18. The molecular formula is C12H14F3N3O4S. The van der Waals surface area contributed by atoms with E-state index in [-0.39, 0.29) is 12.4 Å². The number of hydrogen-bond donors (Lipinski definition) is 1. The topological polar surface area (TPSA) is 86.4 Å². The Hall–Kier alpha value is -1.85. The first-order valence-corrected chi connectivity index (χ1v) is 7.79. The average molecular weight is 353 g/mol. The van der Waals surface area contributed by atoms with E-state index in [0.29, 0.717) is 0 Å². The number of ether oxygens (including phenoxy) is 1. The van der Waals surface area contributed by atoms with Crippen molar-refractivity contribution < 1.29 is 30.7 Å². The van der Waals surface area contributed by atoms with E-state index in [4.69, 9.17) is 9.15 Å². The molecule has 0 amide bonds. The highest BCUT2D eigenvalue weighted by molar-refractivity contribution is 7.89. The number of aromatic nitrogens is 2. The predicted molar refractivity (Wildman–Crippen MR) is 71.9 cm³/mol. The molecule has 11 heteroatoms. The number of alkyl halides is 3. The van der Waals surface area contributed by atoms with Crippen LogP contribution in [-0.4, -0.2) is 31.9 Å². The normalized spacial score (nSPS) is 14.1. The maximum atomic E-state index is 12.9. The fraction of sp³-hybridized carbons (Fsp3) is 0.417. The standard InChI is InChI=1S/C12H14F3N3O4S/c1-18-6-10(11(16-18)12(13,14)15)23(19,20)17-8(7-21-2)9-4-3-5-22-9/h3-6,8,17H,7H2,1-2H3. The molecule has 0 aliphatic heterocycles. The molecule has 2 heterocycles. The third-order valence-electron chi connectivity index (χ3n) is 2.87. The highest BCUT2D eigenvalue weighted by Gasteiger charge is 2.41. The van der Waals surface area contributed by atoms with Gasteiger partial charge in [0.15, 0.2) is 5.69 Å². The zero-order valence-electron chi connectivity index (χ0n) is 12.2. The summed E-state index contributed by atoms with van der Waals surface area (Å²) >= 11 is 0. The minimum absolute atomic E-state index is 0.117. The number of aryl methyl sites for hydroxylation is 1. The summed E-state index contributed by atoms with van der Waals surface area (Å²) in [6.45, 7) is -0.117. The van der Waals surface area contributed by atoms with Crippen molar-refractivity contribution in [2.45, 2.75) is 17.1 Å². The minimum atomic E-state index is -4.90. The van der Waals surface area contributed by atoms with Crippen LogP contribution in [0.25, 0.3) is 0 Å². The van der Waals surface area contributed by atoms with Gasteiger partial charge >= 0.3 is 6.18 Å². The first-order chi connectivity index (χ1) is 10.6. The molecule has 2 aromatic rings. The average Bonchev–Trinajstić information content (AvgIpc) is 3.06. The molecule has 0 saturated carbocycles. The van der Waals surface area contributed by atoms with E-state index in [1.54, 1.807) is 0 Å². The number of halogens is 3. The molecule has 1 N–H and O–H groups in total. The van der Waals surface area contributed by atoms with Gasteiger partial charge in [-0.2, -0.15) is 23.0 Å². The number of sulfonamides is 1. The molecule has 1 unspecified atom stereocenters. The Morgan fingerprint density at radius 3 is 2.70 bits per heavy atom. The molecule has 0 aliphatic carbocycles. The summed E-state index contributed by atoms with van der Waals surface area (Å²) in [6.07, 6.45) is -2.79. The molecule has 0 spiro atoms. The number of nitrogens with one attached hydrogen (secondary N) is 1. The van der Waals surface area contributed by atoms with Crippen molar-refractivity contribution in [3.8, 4) is 0 Å². The fourth-order valence-electron chi connectivity index (χ4n) is 1.94. The third-order valence-corrected chi connectivity index (χ3v) is 4.34. The third kappa shape index (κ3) is 3.92. The lowest BCUT2D eigenvalue weighted by Gasteiger charge is -2.16. The van der Waals surface area contributed by atoms with Crippen molar-refractivity contribution in [1.82, 2.24) is 14.5 Å². The number of rotatable bonds is 6. The van der Waals surface area contributed by atoms with E-state index in [0.717, 1.165) is 10.9 Å². The van der Waals surface area contributed by atoms with E-state index in [1.807, 2.05) is 0 Å². The Kier molecular flexibility index (Phi) is 4.82. The monoisotopic (exact) mass is 353 g/mol. The Bertz CT molecular complexity index is 753. The Morgan fingerprint density at radius 2 is 2.17 bits per heavy atom. The van der Waals surface area contributed by atoms with Crippen LogP contribution in [0.4, 0.5) is 13.2 Å². The van der Waals surface area contributed by atoms with Gasteiger partial charge in [0.05, 0.1) is 12.9 Å². The molecule has 23 heavy (non-hydrogen) atoms. The lowest BCUT2D eigenvalue weighted by Crippen LogP contribution is -2.32. The van der Waals surface area contributed by atoms with Crippen molar-refractivity contribution >= 4 is 10.0 Å². The smallest absolute Gasteiger partial charge is 0.436 e. The second kappa shape index (κ2) is 6.34. The van der Waals surface area contributed by atoms with Gasteiger partial charge in [0.2, 0.25) is 10.0 Å². The minimum Gasteiger partial charge on any atom is -0.468 e. The van der Waals surface area contributed by atoms with Crippen LogP contribution in [-0.2, 0) is 28.0 Å². The summed E-state index contributed by atoms with van der Waals surface area (Å²) in [5.41, 5.74) is -1.48. The van der Waals surface area contributed by atoms with Crippen molar-refractivity contribution in [2.24, 2.45) is 7.05 Å². The highest BCUT2D eigenvalue weighted by Crippen LogP contribution is 2.33. The van der Waals surface area contributed by atoms with Gasteiger partial charge in [0.25, 0.3) is 0 Å². The highest BCUT2D eigenvalue weighted by atomic mass is 32.2. The van der Waals surface area contributed by atoms with E-state index in [9.17, 15) is 21.6 Å². The lowest BCUT2D eigenvalue weighted by molar-refractivity contribution is -0.143. The predicted octanol–water partition coefficient (Wildman–Crippen LogP) is 1.70. The van der Waals surface area contributed by atoms with Gasteiger partial charge in [-0.1, -0.05) is 0 Å².